The first-order valence-electron chi connectivity index (χ1n) is 11.4. The van der Waals surface area contributed by atoms with E-state index in [0.29, 0.717) is 12.1 Å². The molecule has 2 amide bonds. The third kappa shape index (κ3) is 7.56. The Balaban J connectivity index is 2.41. The van der Waals surface area contributed by atoms with Gasteiger partial charge in [0, 0.05) is 17.1 Å². The van der Waals surface area contributed by atoms with Gasteiger partial charge >= 0.3 is 0 Å². The van der Waals surface area contributed by atoms with Gasteiger partial charge in [-0.2, -0.15) is 0 Å². The molecule has 0 spiro atoms. The minimum atomic E-state index is -3.75. The number of carbonyl (C=O) groups excluding carboxylic acids is 2. The molecule has 0 saturated heterocycles. The number of sulfonamides is 1. The van der Waals surface area contributed by atoms with Crippen molar-refractivity contribution in [3.05, 3.63) is 64.1 Å². The average Bonchev–Trinajstić information content (AvgIpc) is 2.80. The summed E-state index contributed by atoms with van der Waals surface area (Å²) in [4.78, 5) is 27.9. The molecule has 0 bridgehead atoms. The molecule has 186 valence electrons. The Labute approximate surface area is 211 Å². The number of para-hydroxylation sites is 1. The Hall–Kier alpha value is -2.39. The highest BCUT2D eigenvalue weighted by atomic mass is 79.9. The third-order valence-corrected chi connectivity index (χ3v) is 7.41. The fourth-order valence-corrected chi connectivity index (χ4v) is 4.63. The van der Waals surface area contributed by atoms with E-state index in [1.165, 1.54) is 4.90 Å². The molecule has 0 saturated carbocycles. The summed E-state index contributed by atoms with van der Waals surface area (Å²) in [5.41, 5.74) is 2.13. The zero-order chi connectivity index (χ0) is 25.5. The van der Waals surface area contributed by atoms with E-state index in [-0.39, 0.29) is 18.5 Å². The Kier molecular flexibility index (Phi) is 10.1. The number of hydrogen-bond donors (Lipinski definition) is 1. The van der Waals surface area contributed by atoms with Gasteiger partial charge in [0.25, 0.3) is 0 Å². The Morgan fingerprint density at radius 2 is 1.65 bits per heavy atom. The zero-order valence-corrected chi connectivity index (χ0v) is 22.8. The molecule has 9 heteroatoms. The lowest BCUT2D eigenvalue weighted by atomic mass is 10.1. The fraction of sp³-hybridized carbons (Fsp3) is 0.440. The van der Waals surface area contributed by atoms with Gasteiger partial charge < -0.3 is 10.2 Å². The van der Waals surface area contributed by atoms with Crippen LogP contribution in [-0.4, -0.2) is 50.0 Å². The molecule has 2 aromatic rings. The van der Waals surface area contributed by atoms with Crippen LogP contribution in [0.4, 0.5) is 5.69 Å². The molecule has 0 unspecified atom stereocenters. The summed E-state index contributed by atoms with van der Waals surface area (Å²) in [5.74, 6) is -0.731. The maximum Gasteiger partial charge on any atom is 0.244 e. The van der Waals surface area contributed by atoms with E-state index in [9.17, 15) is 18.0 Å². The second-order valence-corrected chi connectivity index (χ2v) is 11.2. The van der Waals surface area contributed by atoms with Crippen LogP contribution in [0.5, 0.6) is 0 Å². The van der Waals surface area contributed by atoms with Crippen LogP contribution >= 0.6 is 15.9 Å². The van der Waals surface area contributed by atoms with E-state index in [1.807, 2.05) is 57.2 Å². The van der Waals surface area contributed by atoms with Crippen molar-refractivity contribution >= 4 is 43.5 Å². The molecule has 0 aliphatic heterocycles. The number of halogens is 1. The molecule has 34 heavy (non-hydrogen) atoms. The third-order valence-electron chi connectivity index (χ3n) is 5.75. The number of nitrogens with one attached hydrogen (secondary N) is 1. The van der Waals surface area contributed by atoms with Gasteiger partial charge in [0.15, 0.2) is 0 Å². The molecular weight excluding hydrogens is 518 g/mol. The van der Waals surface area contributed by atoms with Gasteiger partial charge in [-0.25, -0.2) is 8.42 Å². The van der Waals surface area contributed by atoms with Crippen molar-refractivity contribution in [3.8, 4) is 0 Å². The number of hydrogen-bond acceptors (Lipinski definition) is 4. The first-order chi connectivity index (χ1) is 16.0. The van der Waals surface area contributed by atoms with Gasteiger partial charge in [0.1, 0.15) is 12.6 Å². The summed E-state index contributed by atoms with van der Waals surface area (Å²) >= 11 is 3.40. The van der Waals surface area contributed by atoms with Crippen molar-refractivity contribution in [2.24, 2.45) is 0 Å². The van der Waals surface area contributed by atoms with Crippen LogP contribution in [0.25, 0.3) is 0 Å². The van der Waals surface area contributed by atoms with E-state index >= 15 is 0 Å². The van der Waals surface area contributed by atoms with Crippen LogP contribution in [0.1, 0.15) is 45.2 Å². The molecule has 7 nitrogen and oxygen atoms in total. The first-order valence-corrected chi connectivity index (χ1v) is 14.0. The minimum Gasteiger partial charge on any atom is -0.352 e. The summed E-state index contributed by atoms with van der Waals surface area (Å²) in [6.07, 6.45) is 2.46. The van der Waals surface area contributed by atoms with E-state index < -0.39 is 28.5 Å². The molecule has 2 aromatic carbocycles. The van der Waals surface area contributed by atoms with Gasteiger partial charge in [-0.3, -0.25) is 13.9 Å². The lowest BCUT2D eigenvalue weighted by molar-refractivity contribution is -0.139. The molecule has 2 atom stereocenters. The molecule has 2 rings (SSSR count). The second-order valence-electron chi connectivity index (χ2n) is 8.39. The molecule has 1 N–H and O–H groups in total. The average molecular weight is 553 g/mol. The molecule has 0 aromatic heterocycles. The van der Waals surface area contributed by atoms with Crippen LogP contribution in [0.15, 0.2) is 53.0 Å². The number of rotatable bonds is 11. The Morgan fingerprint density at radius 3 is 2.21 bits per heavy atom. The monoisotopic (exact) mass is 551 g/mol. The molecule has 0 heterocycles. The highest BCUT2D eigenvalue weighted by molar-refractivity contribution is 9.10. The number of aryl methyl sites for hydroxylation is 1. The van der Waals surface area contributed by atoms with Gasteiger partial charge in [-0.1, -0.05) is 60.1 Å². The molecule has 0 radical (unpaired) electrons. The predicted molar refractivity (Wildman–Crippen MR) is 140 cm³/mol. The smallest absolute Gasteiger partial charge is 0.244 e. The minimum absolute atomic E-state index is 0.0384. The first kappa shape index (κ1) is 27.9. The maximum absolute atomic E-state index is 13.6. The van der Waals surface area contributed by atoms with Crippen LogP contribution < -0.4 is 9.62 Å². The largest absolute Gasteiger partial charge is 0.352 e. The maximum atomic E-state index is 13.6. The number of amides is 2. The van der Waals surface area contributed by atoms with E-state index in [4.69, 9.17) is 0 Å². The summed E-state index contributed by atoms with van der Waals surface area (Å²) in [6, 6.07) is 13.8. The van der Waals surface area contributed by atoms with Crippen molar-refractivity contribution in [1.82, 2.24) is 10.2 Å². The topological polar surface area (TPSA) is 86.8 Å². The highest BCUT2D eigenvalue weighted by Gasteiger charge is 2.31. The molecule has 0 aliphatic carbocycles. The molecular formula is C25H34BrN3O4S. The normalized spacial score (nSPS) is 13.1. The lowest BCUT2D eigenvalue weighted by Gasteiger charge is -2.32. The standard InChI is InChI=1S/C25H34BrN3O4S/c1-6-18(3)27-25(31)19(4)28(16-20-12-14-22(26)15-13-20)24(30)17-29(34(5,32)33)23-11-9-8-10-21(23)7-2/h8-15,18-19H,6-7,16-17H2,1-5H3,(H,27,31)/t18-,19-/m1/s1. The van der Waals surface area contributed by atoms with E-state index in [2.05, 4.69) is 21.2 Å². The number of anilines is 1. The fourth-order valence-electron chi connectivity index (χ4n) is 3.48. The zero-order valence-electron chi connectivity index (χ0n) is 20.4. The van der Waals surface area contributed by atoms with Crippen molar-refractivity contribution in [3.63, 3.8) is 0 Å². The van der Waals surface area contributed by atoms with Crippen molar-refractivity contribution in [2.75, 3.05) is 17.1 Å². The van der Waals surface area contributed by atoms with Crippen LogP contribution in [0, 0.1) is 0 Å². The van der Waals surface area contributed by atoms with Gasteiger partial charge in [-0.15, -0.1) is 0 Å². The Bertz CT molecular complexity index is 1090. The quantitative estimate of drug-likeness (QED) is 0.455. The number of benzene rings is 2. The Morgan fingerprint density at radius 1 is 1.03 bits per heavy atom. The van der Waals surface area contributed by atoms with Gasteiger partial charge in [-0.05, 0) is 56.0 Å². The summed E-state index contributed by atoms with van der Waals surface area (Å²) in [7, 11) is -3.75. The van der Waals surface area contributed by atoms with Crippen molar-refractivity contribution in [2.45, 2.75) is 59.2 Å². The molecule has 0 aliphatic rings. The highest BCUT2D eigenvalue weighted by Crippen LogP contribution is 2.24. The SMILES string of the molecule is CCc1ccccc1N(CC(=O)N(Cc1ccc(Br)cc1)[C@H](C)C(=O)N[C@H](C)CC)S(C)(=O)=O. The molecule has 0 fully saturated rings. The number of nitrogens with zero attached hydrogens (tertiary/aromatic N) is 2. The van der Waals surface area contributed by atoms with Crippen LogP contribution in [-0.2, 0) is 32.6 Å². The van der Waals surface area contributed by atoms with E-state index in [1.54, 1.807) is 19.1 Å². The summed E-state index contributed by atoms with van der Waals surface area (Å²) < 4.78 is 27.5. The summed E-state index contributed by atoms with van der Waals surface area (Å²) in [6.45, 7) is 7.25. The van der Waals surface area contributed by atoms with Crippen molar-refractivity contribution in [1.29, 1.82) is 0 Å². The lowest BCUT2D eigenvalue weighted by Crippen LogP contribution is -2.52. The van der Waals surface area contributed by atoms with Crippen molar-refractivity contribution < 1.29 is 18.0 Å². The van der Waals surface area contributed by atoms with Gasteiger partial charge in [0.2, 0.25) is 21.8 Å². The van der Waals surface area contributed by atoms with E-state index in [0.717, 1.165) is 32.6 Å². The number of carbonyl (C=O) groups is 2. The second kappa shape index (κ2) is 12.4. The summed E-state index contributed by atoms with van der Waals surface area (Å²) in [5, 5.41) is 2.92. The van der Waals surface area contributed by atoms with Crippen LogP contribution in [0.2, 0.25) is 0 Å². The predicted octanol–water partition coefficient (Wildman–Crippen LogP) is 4.11. The van der Waals surface area contributed by atoms with Gasteiger partial charge in [0.05, 0.1) is 11.9 Å². The van der Waals surface area contributed by atoms with Crippen LogP contribution in [0.3, 0.4) is 0 Å².